The molecule has 2 aromatic carbocycles. The van der Waals surface area contributed by atoms with Gasteiger partial charge in [-0.1, -0.05) is 18.7 Å². The average molecular weight is 490 g/mol. The van der Waals surface area contributed by atoms with E-state index in [0.717, 1.165) is 43.1 Å². The third-order valence-corrected chi connectivity index (χ3v) is 5.63. The Balaban J connectivity index is 1.48. The van der Waals surface area contributed by atoms with Crippen molar-refractivity contribution in [1.29, 1.82) is 0 Å². The van der Waals surface area contributed by atoms with Gasteiger partial charge >= 0.3 is 0 Å². The predicted molar refractivity (Wildman–Crippen MR) is 148 cm³/mol. The Kier molecular flexibility index (Phi) is 9.24. The van der Waals surface area contributed by atoms with Gasteiger partial charge in [0.15, 0.2) is 0 Å². The number of carbonyl (C=O) groups excluding carboxylic acids is 2. The molecule has 0 aliphatic carbocycles. The van der Waals surface area contributed by atoms with E-state index in [1.165, 1.54) is 6.92 Å². The summed E-state index contributed by atoms with van der Waals surface area (Å²) in [6.07, 6.45) is 3.30. The van der Waals surface area contributed by atoms with Crippen LogP contribution in [0.5, 0.6) is 0 Å². The maximum atomic E-state index is 12.2. The van der Waals surface area contributed by atoms with E-state index in [-0.39, 0.29) is 11.8 Å². The molecule has 2 amide bonds. The second kappa shape index (κ2) is 12.6. The van der Waals surface area contributed by atoms with Gasteiger partial charge in [-0.3, -0.25) is 9.59 Å². The Bertz CT molecular complexity index is 1110. The van der Waals surface area contributed by atoms with Crippen LogP contribution in [0, 0.1) is 0 Å². The summed E-state index contributed by atoms with van der Waals surface area (Å²) < 4.78 is 0. The molecule has 4 N–H and O–H groups in total. The molecule has 0 radical (unpaired) electrons. The monoisotopic (exact) mass is 489 g/mol. The zero-order chi connectivity index (χ0) is 26.1. The molecule has 1 heterocycles. The molecule has 3 rings (SSSR count). The van der Waals surface area contributed by atoms with Crippen molar-refractivity contribution in [3.05, 3.63) is 72.6 Å². The van der Waals surface area contributed by atoms with Crippen molar-refractivity contribution in [2.24, 2.45) is 10.7 Å². The Labute approximate surface area is 213 Å². The number of nitrogens with zero attached hydrogens (tertiary/aromatic N) is 4. The quantitative estimate of drug-likeness (QED) is 0.468. The van der Waals surface area contributed by atoms with Gasteiger partial charge in [0, 0.05) is 62.1 Å². The van der Waals surface area contributed by atoms with Crippen LogP contribution in [0.1, 0.15) is 12.5 Å². The van der Waals surface area contributed by atoms with Gasteiger partial charge < -0.3 is 31.1 Å². The van der Waals surface area contributed by atoms with E-state index < -0.39 is 0 Å². The number of anilines is 3. The van der Waals surface area contributed by atoms with Crippen LogP contribution in [0.3, 0.4) is 0 Å². The largest absolute Gasteiger partial charge is 0.398 e. The summed E-state index contributed by atoms with van der Waals surface area (Å²) in [7, 11) is 3.82. The highest BCUT2D eigenvalue weighted by Gasteiger charge is 2.21. The minimum absolute atomic E-state index is 0.120. The number of hydrogen-bond donors (Lipinski definition) is 3. The topological polar surface area (TPSA) is 106 Å². The van der Waals surface area contributed by atoms with Crippen molar-refractivity contribution >= 4 is 40.8 Å². The first-order valence-electron chi connectivity index (χ1n) is 11.8. The van der Waals surface area contributed by atoms with Crippen molar-refractivity contribution in [3.63, 3.8) is 0 Å². The van der Waals surface area contributed by atoms with E-state index in [0.29, 0.717) is 23.8 Å². The highest BCUT2D eigenvalue weighted by atomic mass is 16.2. The highest BCUT2D eigenvalue weighted by molar-refractivity contribution is 5.89. The zero-order valence-corrected chi connectivity index (χ0v) is 21.2. The Morgan fingerprint density at radius 2 is 1.58 bits per heavy atom. The lowest BCUT2D eigenvalue weighted by Crippen LogP contribution is -2.50. The summed E-state index contributed by atoms with van der Waals surface area (Å²) in [5.74, 6) is 0.543. The van der Waals surface area contributed by atoms with Gasteiger partial charge in [0.25, 0.3) is 0 Å². The number of hydrogen-bond acceptors (Lipinski definition) is 7. The van der Waals surface area contributed by atoms with Gasteiger partial charge in [-0.15, -0.1) is 0 Å². The number of rotatable bonds is 9. The molecule has 190 valence electrons. The minimum Gasteiger partial charge on any atom is -0.398 e. The molecule has 0 bridgehead atoms. The van der Waals surface area contributed by atoms with E-state index in [1.54, 1.807) is 24.4 Å². The molecule has 1 aliphatic heterocycles. The molecule has 0 unspecified atom stereocenters. The number of allylic oxidation sites excluding steroid dienone is 1. The molecule has 2 aromatic rings. The summed E-state index contributed by atoms with van der Waals surface area (Å²) >= 11 is 0. The summed E-state index contributed by atoms with van der Waals surface area (Å²) in [6, 6.07) is 15.3. The van der Waals surface area contributed by atoms with Gasteiger partial charge in [0.05, 0.1) is 6.54 Å². The zero-order valence-electron chi connectivity index (χ0n) is 21.2. The number of carbonyl (C=O) groups is 2. The van der Waals surface area contributed by atoms with E-state index in [4.69, 9.17) is 5.73 Å². The fourth-order valence-electron chi connectivity index (χ4n) is 3.79. The standard InChI is InChI=1S/C27H35N7O2/c1-20(29-14-13-26(28)22-5-7-24(8-6-22)31-21(2)35)30-23-9-11-25(12-10-23)33-15-17-34(18-16-33)27(36)19-32(3)4/h5-14,30H,1,15-19,28H2,2-4H3,(H,31,35)/b26-13-,29-14-. The number of nitrogens with two attached hydrogens (primary N) is 1. The van der Waals surface area contributed by atoms with Crippen molar-refractivity contribution in [1.82, 2.24) is 9.80 Å². The molecule has 1 fully saturated rings. The first-order valence-corrected chi connectivity index (χ1v) is 11.8. The van der Waals surface area contributed by atoms with Gasteiger partial charge in [0.2, 0.25) is 11.8 Å². The molecule has 0 spiro atoms. The number of amides is 2. The maximum absolute atomic E-state index is 12.2. The summed E-state index contributed by atoms with van der Waals surface area (Å²) in [6.45, 7) is 8.94. The molecular weight excluding hydrogens is 454 g/mol. The maximum Gasteiger partial charge on any atom is 0.236 e. The van der Waals surface area contributed by atoms with Crippen LogP contribution in [0.2, 0.25) is 0 Å². The molecule has 36 heavy (non-hydrogen) atoms. The average Bonchev–Trinajstić information content (AvgIpc) is 2.84. The lowest BCUT2D eigenvalue weighted by Gasteiger charge is -2.36. The molecule has 1 aliphatic rings. The second-order valence-corrected chi connectivity index (χ2v) is 8.88. The van der Waals surface area contributed by atoms with Crippen LogP contribution in [0.15, 0.2) is 72.0 Å². The summed E-state index contributed by atoms with van der Waals surface area (Å²) in [4.78, 5) is 33.8. The Morgan fingerprint density at radius 3 is 2.17 bits per heavy atom. The molecule has 0 saturated carbocycles. The van der Waals surface area contributed by atoms with Gasteiger partial charge in [0.1, 0.15) is 5.82 Å². The molecule has 0 aromatic heterocycles. The number of nitrogens with one attached hydrogen (secondary N) is 2. The molecule has 9 nitrogen and oxygen atoms in total. The van der Waals surface area contributed by atoms with Crippen molar-refractivity contribution in [3.8, 4) is 0 Å². The number of likely N-dealkylation sites (N-methyl/N-ethyl adjacent to an activating group) is 1. The normalized spacial score (nSPS) is 14.3. The third-order valence-electron chi connectivity index (χ3n) is 5.63. The number of benzene rings is 2. The smallest absolute Gasteiger partial charge is 0.236 e. The van der Waals surface area contributed by atoms with Crippen molar-refractivity contribution < 1.29 is 9.59 Å². The summed E-state index contributed by atoms with van der Waals surface area (Å²) in [5, 5.41) is 5.89. The Hall–Kier alpha value is -4.11. The fraction of sp³-hybridized carbons (Fsp3) is 0.296. The van der Waals surface area contributed by atoms with Crippen molar-refractivity contribution in [2.75, 3.05) is 62.4 Å². The molecular formula is C27H35N7O2. The van der Waals surface area contributed by atoms with Crippen LogP contribution < -0.4 is 21.3 Å². The van der Waals surface area contributed by atoms with E-state index in [9.17, 15) is 9.59 Å². The van der Waals surface area contributed by atoms with E-state index in [2.05, 4.69) is 39.2 Å². The number of piperazine rings is 1. The SMILES string of the molecule is C=C(/N=C\C=C(/N)c1ccc(NC(C)=O)cc1)Nc1ccc(N2CCN(C(=O)CN(C)C)CC2)cc1. The minimum atomic E-state index is -0.120. The molecule has 9 heteroatoms. The number of aliphatic imine (C=N–C) groups is 1. The fourth-order valence-corrected chi connectivity index (χ4v) is 3.79. The van der Waals surface area contributed by atoms with Crippen LogP contribution in [0.4, 0.5) is 17.1 Å². The van der Waals surface area contributed by atoms with E-state index >= 15 is 0 Å². The van der Waals surface area contributed by atoms with Gasteiger partial charge in [-0.25, -0.2) is 4.99 Å². The molecule has 0 atom stereocenters. The third kappa shape index (κ3) is 7.99. The van der Waals surface area contributed by atoms with Gasteiger partial charge in [-0.05, 0) is 62.1 Å². The first kappa shape index (κ1) is 26.5. The first-order chi connectivity index (χ1) is 17.2. The van der Waals surface area contributed by atoms with Crippen molar-refractivity contribution in [2.45, 2.75) is 6.92 Å². The Morgan fingerprint density at radius 1 is 1.00 bits per heavy atom. The highest BCUT2D eigenvalue weighted by Crippen LogP contribution is 2.20. The van der Waals surface area contributed by atoms with Crippen LogP contribution in [-0.2, 0) is 9.59 Å². The van der Waals surface area contributed by atoms with E-state index in [1.807, 2.05) is 48.2 Å². The lowest BCUT2D eigenvalue weighted by atomic mass is 10.1. The lowest BCUT2D eigenvalue weighted by molar-refractivity contribution is -0.132. The van der Waals surface area contributed by atoms with Crippen LogP contribution >= 0.6 is 0 Å². The van der Waals surface area contributed by atoms with Gasteiger partial charge in [-0.2, -0.15) is 0 Å². The predicted octanol–water partition coefficient (Wildman–Crippen LogP) is 2.81. The summed E-state index contributed by atoms with van der Waals surface area (Å²) in [5.41, 5.74) is 10.2. The second-order valence-electron chi connectivity index (χ2n) is 8.88. The molecule has 1 saturated heterocycles. The van der Waals surface area contributed by atoms with Crippen LogP contribution in [0.25, 0.3) is 5.70 Å². The van der Waals surface area contributed by atoms with Crippen LogP contribution in [-0.4, -0.2) is 74.6 Å².